The number of hydrogen-bond acceptors (Lipinski definition) is 15. The van der Waals surface area contributed by atoms with E-state index in [9.17, 15) is 43.2 Å². The molecule has 0 rings (SSSR count). The minimum absolute atomic E-state index is 0.102. The Bertz CT molecular complexity index is 1680. The molecule has 0 aliphatic carbocycles. The van der Waals surface area contributed by atoms with Gasteiger partial charge in [-0.1, -0.05) is 273 Å². The number of unbranched alkanes of at least 4 members (excludes halogenated alkanes) is 31. The number of carbonyl (C=O) groups is 4. The first-order chi connectivity index (χ1) is 40.8. The first-order valence-corrected chi connectivity index (χ1v) is 37.4. The summed E-state index contributed by atoms with van der Waals surface area (Å²) in [6.07, 6.45) is 39.5. The summed E-state index contributed by atoms with van der Waals surface area (Å²) in [6, 6.07) is 0. The highest BCUT2D eigenvalue weighted by atomic mass is 31.2. The van der Waals surface area contributed by atoms with Crippen molar-refractivity contribution in [3.63, 3.8) is 0 Å². The number of carbonyl (C=O) groups excluding carboxylic acids is 4. The van der Waals surface area contributed by atoms with Crippen LogP contribution in [0.5, 0.6) is 0 Å². The smallest absolute Gasteiger partial charge is 0.462 e. The standard InChI is InChI=1S/C66H128O17P2/c1-8-10-11-30-40-47-63(68)76-53-61(83-66(71)50-43-36-29-28-33-39-46-59(7)9-2)55-80-84(72,73)78-51-60(67)52-79-85(74,75)81-56-62(54-77-64(69)48-41-34-26-23-22-25-32-38-45-58(5)6)82-65(70)49-42-35-27-21-19-17-15-13-12-14-16-18-20-24-31-37-44-57(3)4/h57-62,67H,8-56H2,1-7H3,(H,72,73)(H,74,75)/t59?,60-,61+,62+/m0/s1. The van der Waals surface area contributed by atoms with Crippen molar-refractivity contribution >= 4 is 39.5 Å². The molecule has 504 valence electrons. The predicted octanol–water partition coefficient (Wildman–Crippen LogP) is 18.3. The van der Waals surface area contributed by atoms with Crippen LogP contribution in [0.25, 0.3) is 0 Å². The molecule has 0 aromatic rings. The van der Waals surface area contributed by atoms with Crippen LogP contribution in [-0.2, 0) is 65.4 Å². The Kier molecular flexibility index (Phi) is 55.9. The van der Waals surface area contributed by atoms with Crippen molar-refractivity contribution in [2.75, 3.05) is 39.6 Å². The second kappa shape index (κ2) is 57.2. The predicted molar refractivity (Wildman–Crippen MR) is 340 cm³/mol. The van der Waals surface area contributed by atoms with Crippen LogP contribution in [0.15, 0.2) is 0 Å². The lowest BCUT2D eigenvalue weighted by Crippen LogP contribution is -2.30. The van der Waals surface area contributed by atoms with Crippen molar-refractivity contribution < 1.29 is 80.2 Å². The Morgan fingerprint density at radius 2 is 0.600 bits per heavy atom. The molecule has 0 aliphatic heterocycles. The van der Waals surface area contributed by atoms with Gasteiger partial charge in [0.25, 0.3) is 0 Å². The lowest BCUT2D eigenvalue weighted by atomic mass is 10.00. The molecule has 0 aliphatic rings. The molecular formula is C66H128O17P2. The normalized spacial score (nSPS) is 14.6. The highest BCUT2D eigenvalue weighted by Gasteiger charge is 2.30. The largest absolute Gasteiger partial charge is 0.472 e. The number of rotatable bonds is 64. The van der Waals surface area contributed by atoms with E-state index in [2.05, 4.69) is 48.5 Å². The molecule has 3 N–H and O–H groups in total. The van der Waals surface area contributed by atoms with Crippen LogP contribution in [0.2, 0.25) is 0 Å². The summed E-state index contributed by atoms with van der Waals surface area (Å²) >= 11 is 0. The van der Waals surface area contributed by atoms with E-state index in [0.717, 1.165) is 114 Å². The maximum atomic E-state index is 13.0. The zero-order valence-electron chi connectivity index (χ0n) is 55.1. The summed E-state index contributed by atoms with van der Waals surface area (Å²) in [4.78, 5) is 72.0. The Balaban J connectivity index is 5.13. The highest BCUT2D eigenvalue weighted by Crippen LogP contribution is 2.45. The van der Waals surface area contributed by atoms with Crippen LogP contribution in [0.3, 0.4) is 0 Å². The van der Waals surface area contributed by atoms with Crippen LogP contribution < -0.4 is 0 Å². The topological polar surface area (TPSA) is 237 Å². The summed E-state index contributed by atoms with van der Waals surface area (Å²) in [5, 5.41) is 10.5. The maximum Gasteiger partial charge on any atom is 0.472 e. The summed E-state index contributed by atoms with van der Waals surface area (Å²) < 4.78 is 67.9. The number of phosphoric ester groups is 2. The fraction of sp³-hybridized carbons (Fsp3) is 0.939. The van der Waals surface area contributed by atoms with E-state index in [1.165, 1.54) is 128 Å². The van der Waals surface area contributed by atoms with E-state index in [4.69, 9.17) is 37.0 Å². The number of esters is 4. The summed E-state index contributed by atoms with van der Waals surface area (Å²) in [6.45, 7) is 11.7. The van der Waals surface area contributed by atoms with Gasteiger partial charge < -0.3 is 33.8 Å². The van der Waals surface area contributed by atoms with Crippen molar-refractivity contribution in [3.8, 4) is 0 Å². The zero-order valence-corrected chi connectivity index (χ0v) is 56.9. The number of aliphatic hydroxyl groups is 1. The van der Waals surface area contributed by atoms with Gasteiger partial charge in [0.15, 0.2) is 12.2 Å². The molecule has 0 saturated carbocycles. The molecule has 0 fully saturated rings. The number of aliphatic hydroxyl groups excluding tert-OH is 1. The van der Waals surface area contributed by atoms with Gasteiger partial charge in [-0.2, -0.15) is 0 Å². The third kappa shape index (κ3) is 59.5. The maximum absolute atomic E-state index is 13.0. The third-order valence-electron chi connectivity index (χ3n) is 15.5. The Morgan fingerprint density at radius 3 is 0.894 bits per heavy atom. The van der Waals surface area contributed by atoms with Crippen molar-refractivity contribution in [1.82, 2.24) is 0 Å². The van der Waals surface area contributed by atoms with Crippen LogP contribution in [0, 0.1) is 17.8 Å². The molecule has 3 unspecified atom stereocenters. The number of hydrogen-bond donors (Lipinski definition) is 3. The van der Waals surface area contributed by atoms with Crippen LogP contribution in [0.4, 0.5) is 0 Å². The van der Waals surface area contributed by atoms with Crippen LogP contribution >= 0.6 is 15.6 Å². The molecule has 0 saturated heterocycles. The van der Waals surface area contributed by atoms with Crippen molar-refractivity contribution in [1.29, 1.82) is 0 Å². The molecule has 0 aromatic heterocycles. The first kappa shape index (κ1) is 83.1. The molecule has 0 heterocycles. The lowest BCUT2D eigenvalue weighted by molar-refractivity contribution is -0.161. The summed E-state index contributed by atoms with van der Waals surface area (Å²) in [5.41, 5.74) is 0. The molecule has 19 heteroatoms. The van der Waals surface area contributed by atoms with E-state index in [1.807, 2.05) is 0 Å². The van der Waals surface area contributed by atoms with E-state index in [1.54, 1.807) is 0 Å². The molecule has 0 amide bonds. The fourth-order valence-corrected chi connectivity index (χ4v) is 11.4. The van der Waals surface area contributed by atoms with Gasteiger partial charge in [0.2, 0.25) is 0 Å². The van der Waals surface area contributed by atoms with Crippen molar-refractivity contribution in [3.05, 3.63) is 0 Å². The van der Waals surface area contributed by atoms with Gasteiger partial charge in [-0.15, -0.1) is 0 Å². The Morgan fingerprint density at radius 1 is 0.341 bits per heavy atom. The van der Waals surface area contributed by atoms with Crippen LogP contribution in [-0.4, -0.2) is 96.7 Å². The van der Waals surface area contributed by atoms with Gasteiger partial charge in [-0.3, -0.25) is 37.3 Å². The first-order valence-electron chi connectivity index (χ1n) is 34.4. The van der Waals surface area contributed by atoms with Gasteiger partial charge in [0.1, 0.15) is 19.3 Å². The molecule has 0 radical (unpaired) electrons. The molecule has 6 atom stereocenters. The van der Waals surface area contributed by atoms with Crippen LogP contribution in [0.1, 0.15) is 325 Å². The van der Waals surface area contributed by atoms with Gasteiger partial charge in [0.05, 0.1) is 26.4 Å². The molecule has 85 heavy (non-hydrogen) atoms. The lowest BCUT2D eigenvalue weighted by Gasteiger charge is -2.21. The second-order valence-electron chi connectivity index (χ2n) is 25.1. The highest BCUT2D eigenvalue weighted by molar-refractivity contribution is 7.47. The van der Waals surface area contributed by atoms with E-state index in [-0.39, 0.29) is 25.7 Å². The van der Waals surface area contributed by atoms with E-state index >= 15 is 0 Å². The fourth-order valence-electron chi connectivity index (χ4n) is 9.80. The van der Waals surface area contributed by atoms with Crippen molar-refractivity contribution in [2.45, 2.75) is 343 Å². The molecule has 0 bridgehead atoms. The number of ether oxygens (including phenoxy) is 4. The quantitative estimate of drug-likeness (QED) is 0.0222. The summed E-state index contributed by atoms with van der Waals surface area (Å²) in [5.74, 6) is 0.109. The molecule has 0 spiro atoms. The zero-order chi connectivity index (χ0) is 63.1. The molecule has 0 aromatic carbocycles. The van der Waals surface area contributed by atoms with Gasteiger partial charge in [-0.05, 0) is 43.4 Å². The Hall–Kier alpha value is -1.94. The number of phosphoric acid groups is 2. The Labute approximate surface area is 517 Å². The third-order valence-corrected chi connectivity index (χ3v) is 17.4. The molecule has 17 nitrogen and oxygen atoms in total. The van der Waals surface area contributed by atoms with E-state index in [0.29, 0.717) is 25.7 Å². The average Bonchev–Trinajstić information content (AvgIpc) is 3.61. The van der Waals surface area contributed by atoms with Gasteiger partial charge in [-0.25, -0.2) is 9.13 Å². The van der Waals surface area contributed by atoms with E-state index < -0.39 is 97.5 Å². The van der Waals surface area contributed by atoms with Crippen molar-refractivity contribution in [2.24, 2.45) is 17.8 Å². The second-order valence-corrected chi connectivity index (χ2v) is 28.0. The van der Waals surface area contributed by atoms with Gasteiger partial charge >= 0.3 is 39.5 Å². The monoisotopic (exact) mass is 1250 g/mol. The molecular weight excluding hydrogens is 1130 g/mol. The average molecular weight is 1260 g/mol. The SMILES string of the molecule is CCCCCCCC(=O)OC[C@H](COP(=O)(O)OC[C@H](O)COP(=O)(O)OC[C@@H](COC(=O)CCCCCCCCCCC(C)C)OC(=O)CCCCCCCCCCCCCCCCCCC(C)C)OC(=O)CCCCCCCCC(C)CC. The minimum atomic E-state index is -4.95. The summed E-state index contributed by atoms with van der Waals surface area (Å²) in [7, 11) is -9.88. The van der Waals surface area contributed by atoms with Gasteiger partial charge in [0, 0.05) is 25.7 Å². The minimum Gasteiger partial charge on any atom is -0.462 e.